The molecule has 6 nitrogen and oxygen atoms in total. The SMILES string of the molecule is CN(C)/C=C/C(=C(C#N)C#N)c1ccc(S(=O)(=O)N(C)C)cc1. The third-order valence-electron chi connectivity index (χ3n) is 2.98. The predicted octanol–water partition coefficient (Wildman–Crippen LogP) is 1.81. The normalized spacial score (nSPS) is 11.1. The molecule has 0 aliphatic carbocycles. The summed E-state index contributed by atoms with van der Waals surface area (Å²) in [6.07, 6.45) is 3.37. The van der Waals surface area contributed by atoms with Gasteiger partial charge in [0.05, 0.1) is 4.90 Å². The van der Waals surface area contributed by atoms with Crippen molar-refractivity contribution >= 4 is 15.6 Å². The van der Waals surface area contributed by atoms with Crippen molar-refractivity contribution in [2.45, 2.75) is 4.90 Å². The van der Waals surface area contributed by atoms with E-state index >= 15 is 0 Å². The van der Waals surface area contributed by atoms with Crippen LogP contribution in [0.25, 0.3) is 5.57 Å². The van der Waals surface area contributed by atoms with E-state index < -0.39 is 10.0 Å². The molecule has 0 N–H and O–H groups in total. The average Bonchev–Trinajstić information content (AvgIpc) is 2.51. The minimum absolute atomic E-state index is 0.0358. The van der Waals surface area contributed by atoms with Gasteiger partial charge in [-0.15, -0.1) is 0 Å². The zero-order valence-electron chi connectivity index (χ0n) is 13.5. The van der Waals surface area contributed by atoms with Gasteiger partial charge < -0.3 is 4.90 Å². The molecule has 0 unspecified atom stereocenters. The smallest absolute Gasteiger partial charge is 0.242 e. The molecule has 0 radical (unpaired) electrons. The lowest BCUT2D eigenvalue weighted by Crippen LogP contribution is -2.22. The summed E-state index contributed by atoms with van der Waals surface area (Å²) in [5.41, 5.74) is 1.00. The Morgan fingerprint density at radius 2 is 1.57 bits per heavy atom. The van der Waals surface area contributed by atoms with E-state index in [-0.39, 0.29) is 10.5 Å². The molecule has 0 spiro atoms. The summed E-state index contributed by atoms with van der Waals surface area (Å²) >= 11 is 0. The Morgan fingerprint density at radius 3 is 1.96 bits per heavy atom. The highest BCUT2D eigenvalue weighted by Gasteiger charge is 2.17. The molecular formula is C16H18N4O2S. The first kappa shape index (κ1) is 18.4. The first-order valence-electron chi connectivity index (χ1n) is 6.66. The van der Waals surface area contributed by atoms with Gasteiger partial charge in [0.25, 0.3) is 0 Å². The van der Waals surface area contributed by atoms with Crippen LogP contribution in [0.1, 0.15) is 5.56 Å². The highest BCUT2D eigenvalue weighted by molar-refractivity contribution is 7.89. The first-order chi connectivity index (χ1) is 10.7. The molecule has 0 amide bonds. The maximum absolute atomic E-state index is 12.1. The number of hydrogen-bond acceptors (Lipinski definition) is 5. The van der Waals surface area contributed by atoms with E-state index in [0.717, 1.165) is 4.31 Å². The van der Waals surface area contributed by atoms with Gasteiger partial charge in [-0.25, -0.2) is 12.7 Å². The van der Waals surface area contributed by atoms with Crippen LogP contribution in [0.2, 0.25) is 0 Å². The topological polar surface area (TPSA) is 88.2 Å². The molecule has 0 aliphatic rings. The van der Waals surface area contributed by atoms with Gasteiger partial charge in [0.15, 0.2) is 0 Å². The number of sulfonamides is 1. The van der Waals surface area contributed by atoms with Crippen LogP contribution in [0, 0.1) is 22.7 Å². The number of hydrogen-bond donors (Lipinski definition) is 0. The predicted molar refractivity (Wildman–Crippen MR) is 88.3 cm³/mol. The van der Waals surface area contributed by atoms with Crippen LogP contribution >= 0.6 is 0 Å². The fourth-order valence-corrected chi connectivity index (χ4v) is 2.61. The van der Waals surface area contributed by atoms with E-state index in [4.69, 9.17) is 10.5 Å². The third kappa shape index (κ3) is 4.43. The van der Waals surface area contributed by atoms with Crippen molar-refractivity contribution in [3.63, 3.8) is 0 Å². The largest absolute Gasteiger partial charge is 0.383 e. The summed E-state index contributed by atoms with van der Waals surface area (Å²) in [4.78, 5) is 1.93. The van der Waals surface area contributed by atoms with Crippen LogP contribution in [0.15, 0.2) is 47.0 Å². The molecule has 1 rings (SSSR count). The maximum atomic E-state index is 12.1. The minimum atomic E-state index is -3.52. The number of rotatable bonds is 5. The van der Waals surface area contributed by atoms with Gasteiger partial charge >= 0.3 is 0 Å². The monoisotopic (exact) mass is 330 g/mol. The zero-order valence-corrected chi connectivity index (χ0v) is 14.3. The molecule has 0 bridgehead atoms. The van der Waals surface area contributed by atoms with Gasteiger partial charge in [0.1, 0.15) is 17.7 Å². The van der Waals surface area contributed by atoms with E-state index in [1.54, 1.807) is 29.3 Å². The summed E-state index contributed by atoms with van der Waals surface area (Å²) in [5, 5.41) is 18.2. The summed E-state index contributed by atoms with van der Waals surface area (Å²) in [6.45, 7) is 0. The Labute approximate surface area is 137 Å². The molecule has 7 heteroatoms. The van der Waals surface area contributed by atoms with E-state index in [1.165, 1.54) is 26.2 Å². The molecule has 0 atom stereocenters. The Morgan fingerprint density at radius 1 is 1.04 bits per heavy atom. The van der Waals surface area contributed by atoms with Gasteiger partial charge in [0.2, 0.25) is 10.0 Å². The molecule has 0 heterocycles. The highest BCUT2D eigenvalue weighted by atomic mass is 32.2. The number of allylic oxidation sites excluding steroid dienone is 3. The fourth-order valence-electron chi connectivity index (χ4n) is 1.71. The molecular weight excluding hydrogens is 312 g/mol. The van der Waals surface area contributed by atoms with Gasteiger partial charge in [-0.2, -0.15) is 10.5 Å². The number of benzene rings is 1. The molecule has 23 heavy (non-hydrogen) atoms. The van der Waals surface area contributed by atoms with Crippen molar-refractivity contribution in [3.05, 3.63) is 47.7 Å². The van der Waals surface area contributed by atoms with Crippen LogP contribution in [-0.2, 0) is 10.0 Å². The van der Waals surface area contributed by atoms with Gasteiger partial charge in [-0.05, 0) is 30.0 Å². The van der Waals surface area contributed by atoms with Gasteiger partial charge in [-0.1, -0.05) is 12.1 Å². The molecule has 0 saturated heterocycles. The van der Waals surface area contributed by atoms with Crippen molar-refractivity contribution in [2.75, 3.05) is 28.2 Å². The Kier molecular flexibility index (Phi) is 6.09. The van der Waals surface area contributed by atoms with Crippen LogP contribution in [0.3, 0.4) is 0 Å². The van der Waals surface area contributed by atoms with Crippen molar-refractivity contribution in [2.24, 2.45) is 0 Å². The zero-order chi connectivity index (χ0) is 17.6. The summed E-state index contributed by atoms with van der Waals surface area (Å²) in [7, 11) is 3.03. The Hall–Kier alpha value is -2.61. The molecule has 0 aromatic heterocycles. The molecule has 0 fully saturated rings. The Balaban J connectivity index is 3.40. The average molecular weight is 330 g/mol. The third-order valence-corrected chi connectivity index (χ3v) is 4.81. The summed E-state index contributed by atoms with van der Waals surface area (Å²) < 4.78 is 25.3. The fraction of sp³-hybridized carbons (Fsp3) is 0.250. The van der Waals surface area contributed by atoms with Crippen molar-refractivity contribution in [3.8, 4) is 12.1 Å². The maximum Gasteiger partial charge on any atom is 0.242 e. The highest BCUT2D eigenvalue weighted by Crippen LogP contribution is 2.23. The molecule has 120 valence electrons. The molecule has 1 aromatic carbocycles. The van der Waals surface area contributed by atoms with Crippen LogP contribution in [-0.4, -0.2) is 45.8 Å². The van der Waals surface area contributed by atoms with Crippen molar-refractivity contribution in [1.29, 1.82) is 10.5 Å². The second-order valence-electron chi connectivity index (χ2n) is 5.10. The van der Waals surface area contributed by atoms with E-state index in [9.17, 15) is 8.42 Å². The standard InChI is InChI=1S/C16H18N4O2S/c1-19(2)10-9-16(14(11-17)12-18)13-5-7-15(8-6-13)23(21,22)20(3)4/h5-10H,1-4H3/b10-9+. The van der Waals surface area contributed by atoms with Crippen LogP contribution in [0.4, 0.5) is 0 Å². The quantitative estimate of drug-likeness (QED) is 0.607. The van der Waals surface area contributed by atoms with E-state index in [0.29, 0.717) is 11.1 Å². The van der Waals surface area contributed by atoms with Crippen LogP contribution in [0.5, 0.6) is 0 Å². The lowest BCUT2D eigenvalue weighted by Gasteiger charge is -2.12. The van der Waals surface area contributed by atoms with E-state index in [1.807, 2.05) is 26.2 Å². The minimum Gasteiger partial charge on any atom is -0.383 e. The summed E-state index contributed by atoms with van der Waals surface area (Å²) in [6, 6.07) is 9.80. The molecule has 0 aliphatic heterocycles. The van der Waals surface area contributed by atoms with Gasteiger partial charge in [0, 0.05) is 33.8 Å². The number of nitrogens with zero attached hydrogens (tertiary/aromatic N) is 4. The first-order valence-corrected chi connectivity index (χ1v) is 8.10. The van der Waals surface area contributed by atoms with Crippen molar-refractivity contribution in [1.82, 2.24) is 9.21 Å². The van der Waals surface area contributed by atoms with Crippen molar-refractivity contribution < 1.29 is 8.42 Å². The van der Waals surface area contributed by atoms with Crippen LogP contribution < -0.4 is 0 Å². The van der Waals surface area contributed by atoms with Gasteiger partial charge in [-0.3, -0.25) is 0 Å². The lowest BCUT2D eigenvalue weighted by molar-refractivity contribution is 0.521. The molecule has 1 aromatic rings. The summed E-state index contributed by atoms with van der Waals surface area (Å²) in [5.74, 6) is 0. The Bertz CT molecular complexity index is 789. The number of nitriles is 2. The second kappa shape index (κ2) is 7.59. The molecule has 0 saturated carbocycles. The van der Waals surface area contributed by atoms with E-state index in [2.05, 4.69) is 0 Å². The lowest BCUT2D eigenvalue weighted by atomic mass is 10.0. The second-order valence-corrected chi connectivity index (χ2v) is 7.26.